The highest BCUT2D eigenvalue weighted by atomic mass is 16.5. The fourth-order valence-electron chi connectivity index (χ4n) is 3.17. The SMILES string of the molecule is Cc1ccc(C=CC(=O)c2ccc(OC(=O)C3CCCCC3)cc2)cc1. The predicted molar refractivity (Wildman–Crippen MR) is 103 cm³/mol. The van der Waals surface area contributed by atoms with Crippen LogP contribution in [0.4, 0.5) is 0 Å². The second-order valence-corrected chi connectivity index (χ2v) is 6.89. The zero-order chi connectivity index (χ0) is 18.4. The molecule has 1 saturated carbocycles. The Kier molecular flexibility index (Phi) is 6.00. The molecular weight excluding hydrogens is 324 g/mol. The molecule has 0 aliphatic heterocycles. The molecule has 2 aromatic rings. The molecule has 0 amide bonds. The van der Waals surface area contributed by atoms with Gasteiger partial charge in [-0.25, -0.2) is 0 Å². The number of carbonyl (C=O) groups is 2. The summed E-state index contributed by atoms with van der Waals surface area (Å²) in [6.45, 7) is 2.03. The molecule has 3 heteroatoms. The van der Waals surface area contributed by atoms with Gasteiger partial charge < -0.3 is 4.74 Å². The summed E-state index contributed by atoms with van der Waals surface area (Å²) >= 11 is 0. The van der Waals surface area contributed by atoms with Gasteiger partial charge in [0.25, 0.3) is 0 Å². The Morgan fingerprint density at radius 1 is 0.923 bits per heavy atom. The first-order valence-electron chi connectivity index (χ1n) is 9.23. The lowest BCUT2D eigenvalue weighted by Crippen LogP contribution is -2.22. The van der Waals surface area contributed by atoms with Gasteiger partial charge in [0.05, 0.1) is 5.92 Å². The number of hydrogen-bond donors (Lipinski definition) is 0. The Balaban J connectivity index is 1.58. The molecule has 3 nitrogen and oxygen atoms in total. The van der Waals surface area contributed by atoms with Crippen molar-refractivity contribution in [3.63, 3.8) is 0 Å². The van der Waals surface area contributed by atoms with Crippen LogP contribution in [0.2, 0.25) is 0 Å². The lowest BCUT2D eigenvalue weighted by Gasteiger charge is -2.19. The third-order valence-corrected chi connectivity index (χ3v) is 4.80. The van der Waals surface area contributed by atoms with E-state index in [4.69, 9.17) is 4.74 Å². The number of benzene rings is 2. The largest absolute Gasteiger partial charge is 0.426 e. The first kappa shape index (κ1) is 18.1. The number of allylic oxidation sites excluding steroid dienone is 1. The standard InChI is InChI=1S/C23H24O3/c1-17-7-9-18(10-8-17)11-16-22(24)19-12-14-21(15-13-19)26-23(25)20-5-3-2-4-6-20/h7-16,20H,2-6H2,1H3. The fourth-order valence-corrected chi connectivity index (χ4v) is 3.17. The average Bonchev–Trinajstić information content (AvgIpc) is 2.68. The van der Waals surface area contributed by atoms with Crippen molar-refractivity contribution < 1.29 is 14.3 Å². The van der Waals surface area contributed by atoms with E-state index in [-0.39, 0.29) is 17.7 Å². The molecule has 2 aromatic carbocycles. The van der Waals surface area contributed by atoms with Crippen LogP contribution < -0.4 is 4.74 Å². The van der Waals surface area contributed by atoms with E-state index in [9.17, 15) is 9.59 Å². The molecule has 0 unspecified atom stereocenters. The number of rotatable bonds is 5. The zero-order valence-corrected chi connectivity index (χ0v) is 15.1. The zero-order valence-electron chi connectivity index (χ0n) is 15.1. The van der Waals surface area contributed by atoms with Gasteiger partial charge in [0.15, 0.2) is 5.78 Å². The van der Waals surface area contributed by atoms with E-state index < -0.39 is 0 Å². The predicted octanol–water partition coefficient (Wildman–Crippen LogP) is 5.38. The molecule has 3 rings (SSSR count). The van der Waals surface area contributed by atoms with E-state index in [0.29, 0.717) is 11.3 Å². The van der Waals surface area contributed by atoms with Crippen molar-refractivity contribution in [2.45, 2.75) is 39.0 Å². The first-order chi connectivity index (χ1) is 12.6. The highest BCUT2D eigenvalue weighted by Crippen LogP contribution is 2.25. The summed E-state index contributed by atoms with van der Waals surface area (Å²) in [5, 5.41) is 0. The number of ketones is 1. The molecular formula is C23H24O3. The summed E-state index contributed by atoms with van der Waals surface area (Å²) in [4.78, 5) is 24.4. The average molecular weight is 348 g/mol. The molecule has 1 aliphatic rings. The van der Waals surface area contributed by atoms with Crippen molar-refractivity contribution in [1.29, 1.82) is 0 Å². The van der Waals surface area contributed by atoms with Gasteiger partial charge in [0.2, 0.25) is 0 Å². The van der Waals surface area contributed by atoms with Gasteiger partial charge in [-0.05, 0) is 55.7 Å². The Bertz CT molecular complexity index is 779. The number of carbonyl (C=O) groups excluding carboxylic acids is 2. The number of ether oxygens (including phenoxy) is 1. The van der Waals surface area contributed by atoms with Crippen LogP contribution in [0.1, 0.15) is 53.6 Å². The van der Waals surface area contributed by atoms with Crippen LogP contribution in [0, 0.1) is 12.8 Å². The number of aryl methyl sites for hydroxylation is 1. The van der Waals surface area contributed by atoms with Crippen LogP contribution in [-0.2, 0) is 4.79 Å². The quantitative estimate of drug-likeness (QED) is 0.315. The highest BCUT2D eigenvalue weighted by molar-refractivity contribution is 6.06. The third-order valence-electron chi connectivity index (χ3n) is 4.80. The van der Waals surface area contributed by atoms with Crippen molar-refractivity contribution in [3.05, 3.63) is 71.3 Å². The van der Waals surface area contributed by atoms with Crippen LogP contribution in [0.3, 0.4) is 0 Å². The van der Waals surface area contributed by atoms with Gasteiger partial charge in [-0.2, -0.15) is 0 Å². The van der Waals surface area contributed by atoms with E-state index in [1.165, 1.54) is 12.0 Å². The van der Waals surface area contributed by atoms with Gasteiger partial charge in [-0.3, -0.25) is 9.59 Å². The molecule has 0 saturated heterocycles. The van der Waals surface area contributed by atoms with E-state index in [1.807, 2.05) is 31.2 Å². The van der Waals surface area contributed by atoms with Gasteiger partial charge in [0, 0.05) is 5.56 Å². The third kappa shape index (κ3) is 4.92. The normalized spacial score (nSPS) is 15.1. The maximum Gasteiger partial charge on any atom is 0.314 e. The van der Waals surface area contributed by atoms with Crippen LogP contribution in [-0.4, -0.2) is 11.8 Å². The summed E-state index contributed by atoms with van der Waals surface area (Å²) in [5.41, 5.74) is 2.75. The van der Waals surface area contributed by atoms with E-state index >= 15 is 0 Å². The molecule has 1 aliphatic carbocycles. The molecule has 0 heterocycles. The Morgan fingerprint density at radius 3 is 2.23 bits per heavy atom. The first-order valence-corrected chi connectivity index (χ1v) is 9.23. The monoisotopic (exact) mass is 348 g/mol. The summed E-state index contributed by atoms with van der Waals surface area (Å²) in [6, 6.07) is 14.8. The van der Waals surface area contributed by atoms with Crippen LogP contribution in [0.25, 0.3) is 6.08 Å². The Labute approximate surface area is 154 Å². The summed E-state index contributed by atoms with van der Waals surface area (Å²) in [6.07, 6.45) is 8.60. The minimum Gasteiger partial charge on any atom is -0.426 e. The topological polar surface area (TPSA) is 43.4 Å². The molecule has 0 radical (unpaired) electrons. The summed E-state index contributed by atoms with van der Waals surface area (Å²) in [5.74, 6) is 0.293. The number of hydrogen-bond acceptors (Lipinski definition) is 3. The molecule has 134 valence electrons. The molecule has 1 fully saturated rings. The van der Waals surface area contributed by atoms with Crippen molar-refractivity contribution in [3.8, 4) is 5.75 Å². The van der Waals surface area contributed by atoms with Crippen LogP contribution >= 0.6 is 0 Å². The van der Waals surface area contributed by atoms with Gasteiger partial charge in [-0.1, -0.05) is 55.2 Å². The second kappa shape index (κ2) is 8.61. The van der Waals surface area contributed by atoms with Crippen molar-refractivity contribution in [1.82, 2.24) is 0 Å². The minimum absolute atomic E-state index is 0.0162. The fraction of sp³-hybridized carbons (Fsp3) is 0.304. The molecule has 0 atom stereocenters. The number of esters is 1. The Morgan fingerprint density at radius 2 is 1.58 bits per heavy atom. The smallest absolute Gasteiger partial charge is 0.314 e. The lowest BCUT2D eigenvalue weighted by molar-refractivity contribution is -0.139. The second-order valence-electron chi connectivity index (χ2n) is 6.89. The lowest BCUT2D eigenvalue weighted by atomic mass is 9.89. The van der Waals surface area contributed by atoms with E-state index in [0.717, 1.165) is 31.2 Å². The van der Waals surface area contributed by atoms with Crippen molar-refractivity contribution >= 4 is 17.8 Å². The molecule has 0 spiro atoms. The summed E-state index contributed by atoms with van der Waals surface area (Å²) < 4.78 is 5.46. The molecule has 0 N–H and O–H groups in total. The van der Waals surface area contributed by atoms with Gasteiger partial charge >= 0.3 is 5.97 Å². The van der Waals surface area contributed by atoms with Crippen LogP contribution in [0.5, 0.6) is 5.75 Å². The van der Waals surface area contributed by atoms with E-state index in [2.05, 4.69) is 0 Å². The minimum atomic E-state index is -0.150. The Hall–Kier alpha value is -2.68. The maximum atomic E-state index is 12.3. The molecule has 0 aromatic heterocycles. The van der Waals surface area contributed by atoms with Crippen molar-refractivity contribution in [2.75, 3.05) is 0 Å². The van der Waals surface area contributed by atoms with Gasteiger partial charge in [0.1, 0.15) is 5.75 Å². The van der Waals surface area contributed by atoms with Crippen molar-refractivity contribution in [2.24, 2.45) is 5.92 Å². The molecule has 26 heavy (non-hydrogen) atoms. The van der Waals surface area contributed by atoms with Gasteiger partial charge in [-0.15, -0.1) is 0 Å². The molecule has 0 bridgehead atoms. The van der Waals surface area contributed by atoms with E-state index in [1.54, 1.807) is 36.4 Å². The summed E-state index contributed by atoms with van der Waals surface area (Å²) in [7, 11) is 0. The van der Waals surface area contributed by atoms with Crippen LogP contribution in [0.15, 0.2) is 54.6 Å². The maximum absolute atomic E-state index is 12.3. The highest BCUT2D eigenvalue weighted by Gasteiger charge is 2.22.